The number of nitrogens with zero attached hydrogens (tertiary/aromatic N) is 3. The number of furan rings is 1. The number of ether oxygens (including phenoxy) is 1. The topological polar surface area (TPSA) is 139 Å². The van der Waals surface area contributed by atoms with E-state index in [4.69, 9.17) is 14.1 Å². The number of amides is 1. The van der Waals surface area contributed by atoms with Gasteiger partial charge in [-0.2, -0.15) is 0 Å². The van der Waals surface area contributed by atoms with Crippen molar-refractivity contribution in [3.63, 3.8) is 0 Å². The lowest BCUT2D eigenvalue weighted by Crippen LogP contribution is -2.25. The Morgan fingerprint density at radius 2 is 2.00 bits per heavy atom. The number of benzene rings is 2. The van der Waals surface area contributed by atoms with E-state index < -0.39 is 15.9 Å². The Morgan fingerprint density at radius 3 is 2.73 bits per heavy atom. The smallest absolute Gasteiger partial charge is 0.257 e. The first kappa shape index (κ1) is 26.6. The quantitative estimate of drug-likeness (QED) is 0.265. The fourth-order valence-corrected chi connectivity index (χ4v) is 5.54. The highest BCUT2D eigenvalue weighted by molar-refractivity contribution is 7.92. The second-order valence-electron chi connectivity index (χ2n) is 9.58. The van der Waals surface area contributed by atoms with Crippen molar-refractivity contribution in [3.8, 4) is 28.4 Å². The first-order chi connectivity index (χ1) is 19.6. The maximum atomic E-state index is 14.6. The molecule has 6 rings (SSSR count). The maximum absolute atomic E-state index is 14.6. The van der Waals surface area contributed by atoms with E-state index in [1.165, 1.54) is 26.2 Å². The normalized spacial score (nSPS) is 12.6. The summed E-state index contributed by atoms with van der Waals surface area (Å²) in [5.41, 5.74) is 3.30. The molecule has 0 radical (unpaired) electrons. The first-order valence-corrected chi connectivity index (χ1v) is 14.5. The zero-order valence-electron chi connectivity index (χ0n) is 22.4. The second kappa shape index (κ2) is 9.78. The van der Waals surface area contributed by atoms with Crippen molar-refractivity contribution in [2.45, 2.75) is 6.73 Å². The van der Waals surface area contributed by atoms with Gasteiger partial charge in [0.25, 0.3) is 5.91 Å². The second-order valence-corrected chi connectivity index (χ2v) is 11.6. The molecule has 0 saturated carbocycles. The Labute approximate surface area is 234 Å². The van der Waals surface area contributed by atoms with Crippen LogP contribution in [-0.2, 0) is 16.8 Å². The lowest BCUT2D eigenvalue weighted by molar-refractivity contribution is 0.0964. The maximum Gasteiger partial charge on any atom is 0.257 e. The molecule has 2 aromatic carbocycles. The van der Waals surface area contributed by atoms with Gasteiger partial charge in [-0.05, 0) is 36.4 Å². The molecule has 41 heavy (non-hydrogen) atoms. The number of aliphatic hydroxyl groups is 1. The van der Waals surface area contributed by atoms with Gasteiger partial charge in [-0.1, -0.05) is 6.07 Å². The molecule has 1 aliphatic heterocycles. The SMILES string of the molecule is CNC(=O)c1c(NCCO)oc2cc(N(C)S(C)(=O)=O)c(-c3ccc4c(n3)-c3cc5c(F)cccc5n3CO4)cc12. The Hall–Kier alpha value is -4.62. The van der Waals surface area contributed by atoms with Crippen LogP contribution in [0.5, 0.6) is 5.75 Å². The number of rotatable bonds is 7. The third kappa shape index (κ3) is 4.33. The van der Waals surface area contributed by atoms with Crippen LogP contribution in [0.3, 0.4) is 0 Å². The summed E-state index contributed by atoms with van der Waals surface area (Å²) in [5, 5.41) is 15.6. The summed E-state index contributed by atoms with van der Waals surface area (Å²) in [6.07, 6.45) is 1.08. The van der Waals surface area contributed by atoms with Gasteiger partial charge in [0.1, 0.15) is 28.4 Å². The summed E-state index contributed by atoms with van der Waals surface area (Å²) in [7, 11) is -0.821. The highest BCUT2D eigenvalue weighted by atomic mass is 32.2. The zero-order valence-corrected chi connectivity index (χ0v) is 23.2. The van der Waals surface area contributed by atoms with Gasteiger partial charge >= 0.3 is 0 Å². The van der Waals surface area contributed by atoms with Gasteiger partial charge in [-0.15, -0.1) is 0 Å². The minimum absolute atomic E-state index is 0.133. The number of anilines is 2. The number of aliphatic hydroxyl groups excluding tert-OH is 1. The predicted octanol–water partition coefficient (Wildman–Crippen LogP) is 3.77. The number of carbonyl (C=O) groups is 1. The first-order valence-electron chi connectivity index (χ1n) is 12.7. The van der Waals surface area contributed by atoms with Crippen LogP contribution in [0.2, 0.25) is 0 Å². The van der Waals surface area contributed by atoms with Crippen LogP contribution >= 0.6 is 0 Å². The van der Waals surface area contributed by atoms with Gasteiger partial charge in [0.05, 0.1) is 35.5 Å². The van der Waals surface area contributed by atoms with E-state index >= 15 is 0 Å². The lowest BCUT2D eigenvalue weighted by Gasteiger charge is -2.23. The van der Waals surface area contributed by atoms with Crippen molar-refractivity contribution >= 4 is 49.4 Å². The van der Waals surface area contributed by atoms with Gasteiger partial charge in [0.2, 0.25) is 15.9 Å². The van der Waals surface area contributed by atoms with Crippen molar-refractivity contribution in [3.05, 3.63) is 59.9 Å². The summed E-state index contributed by atoms with van der Waals surface area (Å²) in [6.45, 7) is 0.117. The van der Waals surface area contributed by atoms with Crippen LogP contribution in [0.1, 0.15) is 10.4 Å². The molecule has 0 fully saturated rings. The van der Waals surface area contributed by atoms with E-state index in [2.05, 4.69) is 10.6 Å². The van der Waals surface area contributed by atoms with Crippen molar-refractivity contribution in [2.24, 2.45) is 0 Å². The van der Waals surface area contributed by atoms with E-state index in [0.29, 0.717) is 44.7 Å². The van der Waals surface area contributed by atoms with Crippen LogP contribution in [0.15, 0.2) is 52.9 Å². The van der Waals surface area contributed by atoms with Crippen molar-refractivity contribution in [1.82, 2.24) is 14.9 Å². The fourth-order valence-electron chi connectivity index (χ4n) is 5.03. The zero-order chi connectivity index (χ0) is 29.1. The Balaban J connectivity index is 1.61. The summed E-state index contributed by atoms with van der Waals surface area (Å²) in [6, 6.07) is 13.1. The number of carbonyl (C=O) groups excluding carboxylic acids is 1. The summed E-state index contributed by atoms with van der Waals surface area (Å²) < 4.78 is 54.7. The molecule has 0 bridgehead atoms. The Morgan fingerprint density at radius 1 is 1.20 bits per heavy atom. The van der Waals surface area contributed by atoms with Gasteiger partial charge in [-0.25, -0.2) is 17.8 Å². The molecule has 13 heteroatoms. The Kier molecular flexibility index (Phi) is 6.35. The number of aromatic nitrogens is 2. The standard InChI is InChI=1S/C28H26FN5O6S/c1-30-27(36)25-17-11-16(21(33(2)41(3,37)38)13-24(17)40-28(25)31-9-10-35)19-7-8-23-26(32-19)22-12-15-18(29)5-4-6-20(15)34(22)14-39-23/h4-8,11-13,31,35H,9-10,14H2,1-3H3,(H,30,36). The molecule has 0 saturated heterocycles. The van der Waals surface area contributed by atoms with E-state index in [9.17, 15) is 22.7 Å². The van der Waals surface area contributed by atoms with Crippen LogP contribution in [-0.4, -0.2) is 62.5 Å². The van der Waals surface area contributed by atoms with E-state index in [1.54, 1.807) is 36.4 Å². The molecule has 0 aliphatic carbocycles. The number of sulfonamides is 1. The molecular weight excluding hydrogens is 553 g/mol. The molecule has 11 nitrogen and oxygen atoms in total. The average Bonchev–Trinajstić information content (AvgIpc) is 3.52. The number of hydrogen-bond acceptors (Lipinski definition) is 8. The highest BCUT2D eigenvalue weighted by Gasteiger charge is 2.27. The molecule has 3 aromatic heterocycles. The monoisotopic (exact) mass is 579 g/mol. The molecule has 5 aromatic rings. The average molecular weight is 580 g/mol. The molecule has 212 valence electrons. The molecule has 1 amide bonds. The molecule has 4 heterocycles. The molecule has 1 aliphatic rings. The Bertz CT molecular complexity index is 1970. The van der Waals surface area contributed by atoms with Crippen LogP contribution in [0, 0.1) is 5.82 Å². The summed E-state index contributed by atoms with van der Waals surface area (Å²) >= 11 is 0. The largest absolute Gasteiger partial charge is 0.470 e. The number of fused-ring (bicyclic) bond motifs is 6. The minimum Gasteiger partial charge on any atom is -0.470 e. The fraction of sp³-hybridized carbons (Fsp3) is 0.214. The number of nitrogens with one attached hydrogen (secondary N) is 2. The minimum atomic E-state index is -3.72. The lowest BCUT2D eigenvalue weighted by atomic mass is 10.0. The van der Waals surface area contributed by atoms with Gasteiger partial charge < -0.3 is 29.5 Å². The van der Waals surface area contributed by atoms with Gasteiger partial charge in [0.15, 0.2) is 6.73 Å². The van der Waals surface area contributed by atoms with E-state index in [-0.39, 0.29) is 48.4 Å². The molecule has 0 atom stereocenters. The summed E-state index contributed by atoms with van der Waals surface area (Å²) in [5.74, 6) is -0.167. The summed E-state index contributed by atoms with van der Waals surface area (Å²) in [4.78, 5) is 17.8. The number of pyridine rings is 1. The number of halogens is 1. The van der Waals surface area contributed by atoms with Gasteiger partial charge in [-0.3, -0.25) is 9.10 Å². The van der Waals surface area contributed by atoms with Gasteiger partial charge in [0, 0.05) is 43.0 Å². The van der Waals surface area contributed by atoms with Crippen LogP contribution in [0.25, 0.3) is 44.5 Å². The highest BCUT2D eigenvalue weighted by Crippen LogP contribution is 2.43. The van der Waals surface area contributed by atoms with E-state index in [1.807, 2.05) is 4.57 Å². The van der Waals surface area contributed by atoms with Crippen molar-refractivity contribution < 1.29 is 31.9 Å². The molecule has 3 N–H and O–H groups in total. The van der Waals surface area contributed by atoms with Crippen LogP contribution in [0.4, 0.5) is 16.0 Å². The molecule has 0 unspecified atom stereocenters. The third-order valence-electron chi connectivity index (χ3n) is 7.11. The number of hydrogen-bond donors (Lipinski definition) is 3. The molecule has 0 spiro atoms. The molecular formula is C28H26FN5O6S. The van der Waals surface area contributed by atoms with Crippen LogP contribution < -0.4 is 19.7 Å². The van der Waals surface area contributed by atoms with E-state index in [0.717, 1.165) is 10.6 Å². The third-order valence-corrected chi connectivity index (χ3v) is 8.30. The van der Waals surface area contributed by atoms with Crippen molar-refractivity contribution in [2.75, 3.05) is 43.1 Å². The van der Waals surface area contributed by atoms with Crippen molar-refractivity contribution in [1.29, 1.82) is 0 Å². The predicted molar refractivity (Wildman–Crippen MR) is 153 cm³/mol.